The van der Waals surface area contributed by atoms with Crippen LogP contribution in [0.3, 0.4) is 0 Å². The largest absolute Gasteiger partial charge is 0.497 e. The Labute approximate surface area is 182 Å². The Hall–Kier alpha value is -3.36. The first-order chi connectivity index (χ1) is 14.9. The molecule has 2 N–H and O–H groups in total. The van der Waals surface area contributed by atoms with Crippen molar-refractivity contribution in [2.45, 2.75) is 11.3 Å². The predicted octanol–water partition coefficient (Wildman–Crippen LogP) is 3.48. The number of hydrogen-bond acceptors (Lipinski definition) is 5. The van der Waals surface area contributed by atoms with Crippen LogP contribution in [0.1, 0.15) is 15.9 Å². The second-order valence-electron chi connectivity index (χ2n) is 6.68. The Morgan fingerprint density at radius 3 is 2.26 bits per heavy atom. The molecule has 0 fully saturated rings. The minimum Gasteiger partial charge on any atom is -0.497 e. The maximum Gasteiger partial charge on any atom is 0.255 e. The molecule has 31 heavy (non-hydrogen) atoms. The van der Waals surface area contributed by atoms with Crippen molar-refractivity contribution in [3.63, 3.8) is 0 Å². The van der Waals surface area contributed by atoms with E-state index in [9.17, 15) is 13.2 Å². The van der Waals surface area contributed by atoms with Crippen LogP contribution in [0.15, 0.2) is 77.7 Å². The molecular formula is C23H24N2O5S. The Kier molecular flexibility index (Phi) is 7.28. The van der Waals surface area contributed by atoms with Gasteiger partial charge in [0.25, 0.3) is 5.91 Å². The highest BCUT2D eigenvalue weighted by atomic mass is 32.2. The zero-order valence-electron chi connectivity index (χ0n) is 17.3. The van der Waals surface area contributed by atoms with E-state index in [4.69, 9.17) is 9.47 Å². The summed E-state index contributed by atoms with van der Waals surface area (Å²) in [5.41, 5.74) is 1.77. The van der Waals surface area contributed by atoms with E-state index in [0.29, 0.717) is 17.9 Å². The fourth-order valence-corrected chi connectivity index (χ4v) is 4.18. The molecule has 0 bridgehead atoms. The van der Waals surface area contributed by atoms with Crippen molar-refractivity contribution >= 4 is 21.6 Å². The van der Waals surface area contributed by atoms with Gasteiger partial charge in [0.2, 0.25) is 10.0 Å². The van der Waals surface area contributed by atoms with Gasteiger partial charge < -0.3 is 14.8 Å². The first kappa shape index (κ1) is 22.3. The van der Waals surface area contributed by atoms with Gasteiger partial charge in [-0.3, -0.25) is 4.79 Å². The number of carbonyl (C=O) groups excluding carboxylic acids is 1. The number of amides is 1. The molecular weight excluding hydrogens is 416 g/mol. The highest BCUT2D eigenvalue weighted by Gasteiger charge is 2.21. The van der Waals surface area contributed by atoms with Gasteiger partial charge >= 0.3 is 0 Å². The molecule has 0 aliphatic carbocycles. The number of methoxy groups -OCH3 is 2. The van der Waals surface area contributed by atoms with E-state index >= 15 is 0 Å². The lowest BCUT2D eigenvalue weighted by atomic mass is 10.2. The molecule has 0 heterocycles. The second kappa shape index (κ2) is 10.1. The molecule has 7 nitrogen and oxygen atoms in total. The standard InChI is InChI=1S/C23H24N2O5S/c1-29-20-11-9-19(10-12-20)25-23(26)18-8-13-21(30-2)22(16-18)31(27,28)24-15-14-17-6-4-3-5-7-17/h3-13,16,24H,14-15H2,1-2H3,(H,25,26). The summed E-state index contributed by atoms with van der Waals surface area (Å²) in [6, 6.07) is 20.7. The Morgan fingerprint density at radius 2 is 1.61 bits per heavy atom. The van der Waals surface area contributed by atoms with Gasteiger partial charge in [-0.1, -0.05) is 30.3 Å². The zero-order chi connectivity index (χ0) is 22.3. The van der Waals surface area contributed by atoms with Crippen molar-refractivity contribution in [1.29, 1.82) is 0 Å². The van der Waals surface area contributed by atoms with Crippen molar-refractivity contribution < 1.29 is 22.7 Å². The molecule has 0 spiro atoms. The Balaban J connectivity index is 1.76. The molecule has 0 saturated carbocycles. The van der Waals surface area contributed by atoms with Crippen LogP contribution in [0.4, 0.5) is 5.69 Å². The number of nitrogens with one attached hydrogen (secondary N) is 2. The van der Waals surface area contributed by atoms with Crippen molar-refractivity contribution in [2.24, 2.45) is 0 Å². The summed E-state index contributed by atoms with van der Waals surface area (Å²) in [6.07, 6.45) is 0.542. The van der Waals surface area contributed by atoms with Gasteiger partial charge in [-0.2, -0.15) is 0 Å². The summed E-state index contributed by atoms with van der Waals surface area (Å²) in [4.78, 5) is 12.6. The number of hydrogen-bond donors (Lipinski definition) is 2. The average molecular weight is 441 g/mol. The lowest BCUT2D eigenvalue weighted by Gasteiger charge is -2.13. The molecule has 0 aromatic heterocycles. The van der Waals surface area contributed by atoms with Crippen LogP contribution in [0.25, 0.3) is 0 Å². The number of carbonyl (C=O) groups is 1. The second-order valence-corrected chi connectivity index (χ2v) is 8.42. The van der Waals surface area contributed by atoms with Gasteiger partial charge in [0, 0.05) is 17.8 Å². The maximum atomic E-state index is 12.9. The minimum atomic E-state index is -3.88. The third-order valence-corrected chi connectivity index (χ3v) is 6.09. The SMILES string of the molecule is COc1ccc(NC(=O)c2ccc(OC)c(S(=O)(=O)NCCc3ccccc3)c2)cc1. The van der Waals surface area contributed by atoms with Gasteiger partial charge in [-0.25, -0.2) is 13.1 Å². The summed E-state index contributed by atoms with van der Waals surface area (Å²) < 4.78 is 38.6. The highest BCUT2D eigenvalue weighted by molar-refractivity contribution is 7.89. The summed E-state index contributed by atoms with van der Waals surface area (Å²) in [5.74, 6) is 0.388. The molecule has 0 aliphatic rings. The van der Waals surface area contributed by atoms with E-state index in [1.807, 2.05) is 30.3 Å². The van der Waals surface area contributed by atoms with E-state index in [-0.39, 0.29) is 22.8 Å². The van der Waals surface area contributed by atoms with Crippen LogP contribution >= 0.6 is 0 Å². The number of ether oxygens (including phenoxy) is 2. The smallest absolute Gasteiger partial charge is 0.255 e. The lowest BCUT2D eigenvalue weighted by Crippen LogP contribution is -2.27. The summed E-state index contributed by atoms with van der Waals surface area (Å²) in [5, 5.41) is 2.74. The van der Waals surface area contributed by atoms with Crippen LogP contribution in [0.5, 0.6) is 11.5 Å². The first-order valence-corrected chi connectivity index (χ1v) is 11.1. The normalized spacial score (nSPS) is 11.0. The zero-order valence-corrected chi connectivity index (χ0v) is 18.1. The quantitative estimate of drug-likeness (QED) is 0.531. The Morgan fingerprint density at radius 1 is 0.903 bits per heavy atom. The molecule has 162 valence electrons. The summed E-state index contributed by atoms with van der Waals surface area (Å²) >= 11 is 0. The van der Waals surface area contributed by atoms with Gasteiger partial charge in [-0.05, 0) is 54.4 Å². The molecule has 0 aliphatic heterocycles. The van der Waals surface area contributed by atoms with Crippen molar-refractivity contribution in [1.82, 2.24) is 4.72 Å². The van der Waals surface area contributed by atoms with Gasteiger partial charge in [0.15, 0.2) is 0 Å². The van der Waals surface area contributed by atoms with Crippen molar-refractivity contribution in [3.05, 3.63) is 83.9 Å². The average Bonchev–Trinajstić information content (AvgIpc) is 2.79. The van der Waals surface area contributed by atoms with Crippen LogP contribution in [0, 0.1) is 0 Å². The fourth-order valence-electron chi connectivity index (χ4n) is 2.96. The molecule has 0 atom stereocenters. The van der Waals surface area contributed by atoms with Crippen molar-refractivity contribution in [2.75, 3.05) is 26.1 Å². The van der Waals surface area contributed by atoms with Crippen LogP contribution in [-0.2, 0) is 16.4 Å². The maximum absolute atomic E-state index is 12.9. The van der Waals surface area contributed by atoms with E-state index < -0.39 is 15.9 Å². The van der Waals surface area contributed by atoms with Gasteiger partial charge in [0.05, 0.1) is 14.2 Å². The van der Waals surface area contributed by atoms with Gasteiger partial charge in [-0.15, -0.1) is 0 Å². The number of rotatable bonds is 9. The predicted molar refractivity (Wildman–Crippen MR) is 119 cm³/mol. The monoisotopic (exact) mass is 440 g/mol. The first-order valence-electron chi connectivity index (χ1n) is 9.60. The van der Waals surface area contributed by atoms with E-state index in [0.717, 1.165) is 5.56 Å². The molecule has 3 aromatic rings. The fraction of sp³-hybridized carbons (Fsp3) is 0.174. The number of benzene rings is 3. The van der Waals surface area contributed by atoms with Gasteiger partial charge in [0.1, 0.15) is 16.4 Å². The third kappa shape index (κ3) is 5.84. The van der Waals surface area contributed by atoms with E-state index in [2.05, 4.69) is 10.0 Å². The van der Waals surface area contributed by atoms with Crippen molar-refractivity contribution in [3.8, 4) is 11.5 Å². The molecule has 0 radical (unpaired) electrons. The lowest BCUT2D eigenvalue weighted by molar-refractivity contribution is 0.102. The minimum absolute atomic E-state index is 0.0922. The van der Waals surface area contributed by atoms with Crippen LogP contribution < -0.4 is 19.5 Å². The molecule has 0 saturated heterocycles. The summed E-state index contributed by atoms with van der Waals surface area (Å²) in [6.45, 7) is 0.220. The van der Waals surface area contributed by atoms with Crippen LogP contribution in [-0.4, -0.2) is 35.1 Å². The topological polar surface area (TPSA) is 93.7 Å². The molecule has 8 heteroatoms. The Bertz CT molecular complexity index is 1130. The third-order valence-electron chi connectivity index (χ3n) is 4.61. The molecule has 1 amide bonds. The van der Waals surface area contributed by atoms with Crippen LogP contribution in [0.2, 0.25) is 0 Å². The number of sulfonamides is 1. The molecule has 3 aromatic carbocycles. The van der Waals surface area contributed by atoms with E-state index in [1.54, 1.807) is 31.4 Å². The molecule has 3 rings (SSSR count). The van der Waals surface area contributed by atoms with E-state index in [1.165, 1.54) is 25.3 Å². The molecule has 0 unspecified atom stereocenters. The summed E-state index contributed by atoms with van der Waals surface area (Å²) in [7, 11) is -0.942. The highest BCUT2D eigenvalue weighted by Crippen LogP contribution is 2.25. The number of anilines is 1.